The lowest BCUT2D eigenvalue weighted by Gasteiger charge is -1.99. The van der Waals surface area contributed by atoms with Crippen LogP contribution in [0.2, 0.25) is 6.04 Å². The lowest BCUT2D eigenvalue weighted by Crippen LogP contribution is -2.13. The molecular weight excluding hydrogens is 145 g/mol. The molecule has 56 valence electrons. The smallest absolute Gasteiger partial charge is 0.238 e. The SMILES string of the molecule is CCCCC[Si](F)(F)F. The summed E-state index contributed by atoms with van der Waals surface area (Å²) in [4.78, 5) is 0. The third kappa shape index (κ3) is 8.01. The minimum atomic E-state index is -5.19. The first kappa shape index (κ1) is 9.01. The molecule has 0 amide bonds. The highest BCUT2D eigenvalue weighted by molar-refractivity contribution is 6.58. The molecule has 0 unspecified atom stereocenters. The van der Waals surface area contributed by atoms with Crippen LogP contribution in [-0.2, 0) is 0 Å². The number of hydrogen-bond donors (Lipinski definition) is 0. The van der Waals surface area contributed by atoms with E-state index in [1.54, 1.807) is 0 Å². The van der Waals surface area contributed by atoms with Crippen LogP contribution in [-0.4, -0.2) is 9.08 Å². The van der Waals surface area contributed by atoms with Gasteiger partial charge in [0.1, 0.15) is 0 Å². The second-order valence-electron chi connectivity index (χ2n) is 2.07. The third-order valence-corrected chi connectivity index (χ3v) is 1.98. The molecule has 0 aliphatic carbocycles. The summed E-state index contributed by atoms with van der Waals surface area (Å²) < 4.78 is 34.6. The highest BCUT2D eigenvalue weighted by atomic mass is 28.5. The van der Waals surface area contributed by atoms with Gasteiger partial charge in [-0.25, -0.2) is 12.3 Å². The van der Waals surface area contributed by atoms with Gasteiger partial charge in [-0.15, -0.1) is 0 Å². The first-order valence-electron chi connectivity index (χ1n) is 3.13. The Morgan fingerprint density at radius 1 is 1.11 bits per heavy atom. The summed E-state index contributed by atoms with van der Waals surface area (Å²) in [6.07, 6.45) is 1.92. The summed E-state index contributed by atoms with van der Waals surface area (Å²) in [6.45, 7) is 1.90. The van der Waals surface area contributed by atoms with Gasteiger partial charge in [0.2, 0.25) is 0 Å². The molecule has 0 rings (SSSR count). The minimum absolute atomic E-state index is 0.340. The molecule has 0 nitrogen and oxygen atoms in total. The summed E-state index contributed by atoms with van der Waals surface area (Å²) in [5.41, 5.74) is 0. The van der Waals surface area contributed by atoms with Gasteiger partial charge in [-0.2, -0.15) is 0 Å². The molecule has 0 atom stereocenters. The van der Waals surface area contributed by atoms with Gasteiger partial charge < -0.3 is 0 Å². The van der Waals surface area contributed by atoms with E-state index in [9.17, 15) is 12.3 Å². The van der Waals surface area contributed by atoms with Crippen LogP contribution in [0.3, 0.4) is 0 Å². The van der Waals surface area contributed by atoms with Crippen molar-refractivity contribution in [2.45, 2.75) is 32.2 Å². The van der Waals surface area contributed by atoms with E-state index in [1.807, 2.05) is 6.92 Å². The molecular formula is C5H11F3Si. The maximum absolute atomic E-state index is 11.5. The third-order valence-electron chi connectivity index (χ3n) is 1.06. The predicted molar refractivity (Wildman–Crippen MR) is 33.4 cm³/mol. The molecule has 0 aliphatic rings. The largest absolute Gasteiger partial charge is 0.616 e. The van der Waals surface area contributed by atoms with Gasteiger partial charge in [0.05, 0.1) is 0 Å². The molecule has 0 aliphatic heterocycles. The highest BCUT2D eigenvalue weighted by Gasteiger charge is 2.34. The van der Waals surface area contributed by atoms with Crippen molar-refractivity contribution in [1.29, 1.82) is 0 Å². The second-order valence-corrected chi connectivity index (χ2v) is 3.80. The van der Waals surface area contributed by atoms with Crippen LogP contribution >= 0.6 is 0 Å². The van der Waals surface area contributed by atoms with Crippen LogP contribution in [0.25, 0.3) is 0 Å². The molecule has 0 aromatic rings. The van der Waals surface area contributed by atoms with Crippen LogP contribution in [0.15, 0.2) is 0 Å². The van der Waals surface area contributed by atoms with Crippen molar-refractivity contribution in [2.75, 3.05) is 0 Å². The Morgan fingerprint density at radius 3 is 2.00 bits per heavy atom. The zero-order valence-electron chi connectivity index (χ0n) is 5.46. The van der Waals surface area contributed by atoms with Crippen LogP contribution in [0, 0.1) is 0 Å². The van der Waals surface area contributed by atoms with Gasteiger partial charge in [0.15, 0.2) is 0 Å². The number of unbranched alkanes of at least 4 members (excludes halogenated alkanes) is 2. The van der Waals surface area contributed by atoms with Gasteiger partial charge in [-0.1, -0.05) is 19.8 Å². The first-order valence-corrected chi connectivity index (χ1v) is 4.97. The minimum Gasteiger partial charge on any atom is -0.238 e. The van der Waals surface area contributed by atoms with Gasteiger partial charge >= 0.3 is 9.08 Å². The number of rotatable bonds is 4. The maximum atomic E-state index is 11.5. The number of hydrogen-bond acceptors (Lipinski definition) is 0. The van der Waals surface area contributed by atoms with Gasteiger partial charge in [-0.3, -0.25) is 0 Å². The van der Waals surface area contributed by atoms with Gasteiger partial charge in [-0.05, 0) is 6.42 Å². The van der Waals surface area contributed by atoms with Gasteiger partial charge in [0, 0.05) is 6.04 Å². The van der Waals surface area contributed by atoms with E-state index in [1.165, 1.54) is 0 Å². The Hall–Kier alpha value is 0.00688. The summed E-state index contributed by atoms with van der Waals surface area (Å²) in [6, 6.07) is -0.485. The molecule has 0 radical (unpaired) electrons. The Bertz CT molecular complexity index is 69.1. The quantitative estimate of drug-likeness (QED) is 0.333. The fourth-order valence-electron chi connectivity index (χ4n) is 0.575. The Labute approximate surface area is 54.6 Å². The van der Waals surface area contributed by atoms with Crippen molar-refractivity contribution in [3.05, 3.63) is 0 Å². The van der Waals surface area contributed by atoms with E-state index < -0.39 is 15.1 Å². The monoisotopic (exact) mass is 156 g/mol. The Kier molecular flexibility index (Phi) is 3.93. The molecule has 0 bridgehead atoms. The average Bonchev–Trinajstić information content (AvgIpc) is 1.63. The van der Waals surface area contributed by atoms with E-state index in [0.29, 0.717) is 12.8 Å². The fraction of sp³-hybridized carbons (Fsp3) is 1.00. The summed E-state index contributed by atoms with van der Waals surface area (Å²) in [5.74, 6) is 0. The lowest BCUT2D eigenvalue weighted by atomic mass is 10.3. The molecule has 0 spiro atoms. The topological polar surface area (TPSA) is 0 Å². The molecule has 9 heavy (non-hydrogen) atoms. The lowest BCUT2D eigenvalue weighted by molar-refractivity contribution is 0.461. The van der Waals surface area contributed by atoms with E-state index >= 15 is 0 Å². The van der Waals surface area contributed by atoms with E-state index in [2.05, 4.69) is 0 Å². The van der Waals surface area contributed by atoms with Crippen LogP contribution in [0.5, 0.6) is 0 Å². The van der Waals surface area contributed by atoms with Crippen molar-refractivity contribution in [3.63, 3.8) is 0 Å². The van der Waals surface area contributed by atoms with Crippen molar-refractivity contribution in [2.24, 2.45) is 0 Å². The molecule has 0 aromatic carbocycles. The standard InChI is InChI=1S/C5H11F3Si/c1-2-3-4-5-9(6,7)8/h2-5H2,1H3. The van der Waals surface area contributed by atoms with Crippen molar-refractivity contribution in [1.82, 2.24) is 0 Å². The van der Waals surface area contributed by atoms with E-state index in [-0.39, 0.29) is 0 Å². The highest BCUT2D eigenvalue weighted by Crippen LogP contribution is 2.18. The molecule has 0 heterocycles. The molecule has 0 aromatic heterocycles. The molecule has 0 saturated carbocycles. The van der Waals surface area contributed by atoms with Crippen molar-refractivity contribution >= 4 is 9.08 Å². The predicted octanol–water partition coefficient (Wildman–Crippen LogP) is 3.02. The summed E-state index contributed by atoms with van der Waals surface area (Å²) in [7, 11) is -5.19. The second kappa shape index (κ2) is 3.93. The summed E-state index contributed by atoms with van der Waals surface area (Å²) in [5, 5.41) is 0. The fourth-order valence-corrected chi connectivity index (χ4v) is 1.23. The summed E-state index contributed by atoms with van der Waals surface area (Å²) >= 11 is 0. The van der Waals surface area contributed by atoms with E-state index in [4.69, 9.17) is 0 Å². The van der Waals surface area contributed by atoms with Crippen molar-refractivity contribution in [3.8, 4) is 0 Å². The van der Waals surface area contributed by atoms with Gasteiger partial charge in [0.25, 0.3) is 0 Å². The molecule has 0 N–H and O–H groups in total. The normalized spacial score (nSPS) is 12.0. The van der Waals surface area contributed by atoms with Crippen LogP contribution in [0.1, 0.15) is 26.2 Å². The zero-order chi connectivity index (χ0) is 7.33. The molecule has 4 heteroatoms. The van der Waals surface area contributed by atoms with Crippen LogP contribution in [0.4, 0.5) is 12.3 Å². The van der Waals surface area contributed by atoms with Crippen LogP contribution < -0.4 is 0 Å². The Balaban J connectivity index is 3.07. The maximum Gasteiger partial charge on any atom is 0.616 e. The van der Waals surface area contributed by atoms with Crippen molar-refractivity contribution < 1.29 is 12.3 Å². The molecule has 0 saturated heterocycles. The number of halogens is 3. The first-order chi connectivity index (χ1) is 4.06. The van der Waals surface area contributed by atoms with E-state index in [0.717, 1.165) is 6.42 Å². The zero-order valence-corrected chi connectivity index (χ0v) is 6.46. The average molecular weight is 156 g/mol. The molecule has 0 fully saturated rings. The Morgan fingerprint density at radius 2 is 1.67 bits per heavy atom.